The fourth-order valence-electron chi connectivity index (χ4n) is 2.53. The van der Waals surface area contributed by atoms with E-state index in [9.17, 15) is 0 Å². The lowest BCUT2D eigenvalue weighted by Crippen LogP contribution is -2.01. The molecule has 0 spiro atoms. The number of nitrogens with two attached hydrogens (primary N) is 1. The van der Waals surface area contributed by atoms with Crippen LogP contribution in [-0.4, -0.2) is 9.78 Å². The summed E-state index contributed by atoms with van der Waals surface area (Å²) in [6, 6.07) is 0. The van der Waals surface area contributed by atoms with Gasteiger partial charge in [0.15, 0.2) is 5.82 Å². The van der Waals surface area contributed by atoms with E-state index in [2.05, 4.69) is 21.0 Å². The van der Waals surface area contributed by atoms with E-state index in [4.69, 9.17) is 5.73 Å². The van der Waals surface area contributed by atoms with Crippen LogP contribution in [0.5, 0.6) is 0 Å². The van der Waals surface area contributed by atoms with Crippen molar-refractivity contribution in [1.82, 2.24) is 9.78 Å². The third kappa shape index (κ3) is 2.05. The standard InChI is InChI=1S/C11H16BrN3/c12-10-6-15(14-11(10)13)4-3-8-5-9(8)7-1-2-7/h6-9H,1-5H2,(H2,13,14). The van der Waals surface area contributed by atoms with E-state index >= 15 is 0 Å². The summed E-state index contributed by atoms with van der Waals surface area (Å²) in [5, 5.41) is 4.24. The first-order chi connectivity index (χ1) is 7.24. The van der Waals surface area contributed by atoms with Gasteiger partial charge in [-0.1, -0.05) is 0 Å². The average Bonchev–Trinajstić information content (AvgIpc) is 3.07. The molecule has 2 N–H and O–H groups in total. The number of halogens is 1. The molecule has 0 radical (unpaired) electrons. The average molecular weight is 270 g/mol. The molecule has 2 fully saturated rings. The summed E-state index contributed by atoms with van der Waals surface area (Å²) in [6.07, 6.45) is 7.68. The van der Waals surface area contributed by atoms with E-state index in [1.807, 2.05) is 10.9 Å². The van der Waals surface area contributed by atoms with Gasteiger partial charge < -0.3 is 5.73 Å². The monoisotopic (exact) mass is 269 g/mol. The summed E-state index contributed by atoms with van der Waals surface area (Å²) in [5.41, 5.74) is 5.67. The molecule has 15 heavy (non-hydrogen) atoms. The highest BCUT2D eigenvalue weighted by molar-refractivity contribution is 9.10. The minimum absolute atomic E-state index is 0.601. The van der Waals surface area contributed by atoms with Gasteiger partial charge in [-0.15, -0.1) is 0 Å². The second-order valence-electron chi connectivity index (χ2n) is 4.91. The molecule has 2 atom stereocenters. The molecule has 0 amide bonds. The Kier molecular flexibility index (Phi) is 2.27. The van der Waals surface area contributed by atoms with Crippen LogP contribution < -0.4 is 5.73 Å². The van der Waals surface area contributed by atoms with Crippen LogP contribution in [0, 0.1) is 17.8 Å². The molecular weight excluding hydrogens is 254 g/mol. The molecule has 4 heteroatoms. The Balaban J connectivity index is 1.49. The largest absolute Gasteiger partial charge is 0.381 e. The molecule has 1 aromatic heterocycles. The van der Waals surface area contributed by atoms with Crippen molar-refractivity contribution in [3.8, 4) is 0 Å². The summed E-state index contributed by atoms with van der Waals surface area (Å²) >= 11 is 3.38. The van der Waals surface area contributed by atoms with Crippen LogP contribution in [0.3, 0.4) is 0 Å². The quantitative estimate of drug-likeness (QED) is 0.914. The fraction of sp³-hybridized carbons (Fsp3) is 0.727. The van der Waals surface area contributed by atoms with E-state index < -0.39 is 0 Å². The number of rotatable bonds is 4. The van der Waals surface area contributed by atoms with Gasteiger partial charge in [0, 0.05) is 12.7 Å². The first kappa shape index (κ1) is 9.70. The zero-order valence-electron chi connectivity index (χ0n) is 8.69. The lowest BCUT2D eigenvalue weighted by Gasteiger charge is -2.00. The molecule has 2 saturated carbocycles. The number of nitrogen functional groups attached to an aromatic ring is 1. The predicted octanol–water partition coefficient (Wildman–Crippen LogP) is 2.66. The third-order valence-electron chi connectivity index (χ3n) is 3.68. The number of nitrogens with zero attached hydrogens (tertiary/aromatic N) is 2. The Morgan fingerprint density at radius 3 is 2.93 bits per heavy atom. The summed E-state index contributed by atoms with van der Waals surface area (Å²) in [4.78, 5) is 0. The number of aromatic nitrogens is 2. The molecule has 0 aromatic carbocycles. The van der Waals surface area contributed by atoms with Crippen molar-refractivity contribution in [1.29, 1.82) is 0 Å². The van der Waals surface area contributed by atoms with E-state index in [1.54, 1.807) is 0 Å². The summed E-state index contributed by atoms with van der Waals surface area (Å²) in [7, 11) is 0. The van der Waals surface area contributed by atoms with Crippen LogP contribution in [-0.2, 0) is 6.54 Å². The van der Waals surface area contributed by atoms with Crippen LogP contribution in [0.1, 0.15) is 25.7 Å². The normalized spacial score (nSPS) is 29.4. The molecular formula is C11H16BrN3. The van der Waals surface area contributed by atoms with Crippen LogP contribution in [0.4, 0.5) is 5.82 Å². The minimum atomic E-state index is 0.601. The van der Waals surface area contributed by atoms with Crippen LogP contribution in [0.25, 0.3) is 0 Å². The maximum atomic E-state index is 5.67. The van der Waals surface area contributed by atoms with Crippen molar-refractivity contribution in [2.75, 3.05) is 5.73 Å². The first-order valence-electron chi connectivity index (χ1n) is 5.72. The molecule has 2 aliphatic rings. The Bertz CT molecular complexity index is 350. The molecule has 82 valence electrons. The molecule has 2 unspecified atom stereocenters. The summed E-state index contributed by atoms with van der Waals surface area (Å²) in [6.45, 7) is 1.02. The molecule has 3 nitrogen and oxygen atoms in total. The van der Waals surface area contributed by atoms with Gasteiger partial charge in [0.2, 0.25) is 0 Å². The van der Waals surface area contributed by atoms with Crippen LogP contribution in [0.2, 0.25) is 0 Å². The van der Waals surface area contributed by atoms with Gasteiger partial charge in [0.25, 0.3) is 0 Å². The lowest BCUT2D eigenvalue weighted by atomic mass is 10.2. The predicted molar refractivity (Wildman–Crippen MR) is 63.3 cm³/mol. The first-order valence-corrected chi connectivity index (χ1v) is 6.52. The smallest absolute Gasteiger partial charge is 0.159 e. The number of hydrogen-bond donors (Lipinski definition) is 1. The second kappa shape index (κ2) is 3.51. The van der Waals surface area contributed by atoms with Crippen molar-refractivity contribution in [3.05, 3.63) is 10.7 Å². The van der Waals surface area contributed by atoms with E-state index in [1.165, 1.54) is 25.7 Å². The topological polar surface area (TPSA) is 43.8 Å². The minimum Gasteiger partial charge on any atom is -0.381 e. The molecule has 3 rings (SSSR count). The van der Waals surface area contributed by atoms with E-state index in [0.29, 0.717) is 5.82 Å². The van der Waals surface area contributed by atoms with Gasteiger partial charge in [-0.2, -0.15) is 5.10 Å². The number of anilines is 1. The van der Waals surface area contributed by atoms with E-state index in [-0.39, 0.29) is 0 Å². The van der Waals surface area contributed by atoms with Gasteiger partial charge in [-0.3, -0.25) is 4.68 Å². The zero-order chi connectivity index (χ0) is 10.4. The molecule has 1 aromatic rings. The number of aryl methyl sites for hydroxylation is 1. The van der Waals surface area contributed by atoms with Gasteiger partial charge >= 0.3 is 0 Å². The van der Waals surface area contributed by atoms with E-state index in [0.717, 1.165) is 28.8 Å². The molecule has 0 saturated heterocycles. The highest BCUT2D eigenvalue weighted by atomic mass is 79.9. The molecule has 0 aliphatic heterocycles. The third-order valence-corrected chi connectivity index (χ3v) is 4.29. The number of hydrogen-bond acceptors (Lipinski definition) is 2. The van der Waals surface area contributed by atoms with Crippen LogP contribution >= 0.6 is 15.9 Å². The molecule has 2 aliphatic carbocycles. The zero-order valence-corrected chi connectivity index (χ0v) is 10.3. The molecule has 0 bridgehead atoms. The second-order valence-corrected chi connectivity index (χ2v) is 5.77. The Morgan fingerprint density at radius 2 is 2.33 bits per heavy atom. The maximum absolute atomic E-state index is 5.67. The van der Waals surface area contributed by atoms with Gasteiger partial charge in [0.05, 0.1) is 4.47 Å². The summed E-state index contributed by atoms with van der Waals surface area (Å²) in [5.74, 6) is 3.72. The van der Waals surface area contributed by atoms with Gasteiger partial charge in [0.1, 0.15) is 0 Å². The van der Waals surface area contributed by atoms with Crippen molar-refractivity contribution in [2.45, 2.75) is 32.2 Å². The van der Waals surface area contributed by atoms with Crippen molar-refractivity contribution in [2.24, 2.45) is 17.8 Å². The molecule has 1 heterocycles. The fourth-order valence-corrected chi connectivity index (χ4v) is 2.84. The van der Waals surface area contributed by atoms with Gasteiger partial charge in [-0.05, 0) is 59.4 Å². The van der Waals surface area contributed by atoms with Crippen molar-refractivity contribution in [3.63, 3.8) is 0 Å². The Hall–Kier alpha value is -0.510. The van der Waals surface area contributed by atoms with Crippen molar-refractivity contribution < 1.29 is 0 Å². The highest BCUT2D eigenvalue weighted by Gasteiger charge is 2.46. The Morgan fingerprint density at radius 1 is 1.53 bits per heavy atom. The Labute approximate surface area is 98.2 Å². The highest BCUT2D eigenvalue weighted by Crippen LogP contribution is 2.55. The van der Waals surface area contributed by atoms with Crippen molar-refractivity contribution >= 4 is 21.7 Å². The summed E-state index contributed by atoms with van der Waals surface area (Å²) < 4.78 is 2.87. The maximum Gasteiger partial charge on any atom is 0.159 e. The van der Waals surface area contributed by atoms with Crippen LogP contribution in [0.15, 0.2) is 10.7 Å². The van der Waals surface area contributed by atoms with Gasteiger partial charge in [-0.25, -0.2) is 0 Å². The lowest BCUT2D eigenvalue weighted by molar-refractivity contribution is 0.510. The SMILES string of the molecule is Nc1nn(CCC2CC2C2CC2)cc1Br.